The lowest BCUT2D eigenvalue weighted by atomic mass is 9.93. The van der Waals surface area contributed by atoms with Crippen molar-refractivity contribution in [1.29, 1.82) is 0 Å². The number of rotatable bonds is 8. The van der Waals surface area contributed by atoms with Crippen molar-refractivity contribution in [3.63, 3.8) is 0 Å². The van der Waals surface area contributed by atoms with E-state index in [1.807, 2.05) is 12.3 Å². The van der Waals surface area contributed by atoms with Gasteiger partial charge >= 0.3 is 0 Å². The Morgan fingerprint density at radius 3 is 2.65 bits per heavy atom. The lowest BCUT2D eigenvalue weighted by Crippen LogP contribution is -2.28. The normalized spacial score (nSPS) is 18.1. The molecule has 34 heavy (non-hydrogen) atoms. The minimum Gasteiger partial charge on any atom is -0.393 e. The Morgan fingerprint density at radius 2 is 1.85 bits per heavy atom. The third-order valence-corrected chi connectivity index (χ3v) is 6.41. The van der Waals surface area contributed by atoms with E-state index in [0.717, 1.165) is 56.0 Å². The lowest BCUT2D eigenvalue weighted by molar-refractivity contribution is 0.126. The van der Waals surface area contributed by atoms with Gasteiger partial charge in [0.05, 0.1) is 18.0 Å². The highest BCUT2D eigenvalue weighted by molar-refractivity contribution is 5.84. The van der Waals surface area contributed by atoms with Crippen LogP contribution >= 0.6 is 0 Å². The number of aromatic nitrogens is 3. The number of benzene rings is 2. The summed E-state index contributed by atoms with van der Waals surface area (Å²) in [6.45, 7) is 3.68. The summed E-state index contributed by atoms with van der Waals surface area (Å²) < 4.78 is 2.26. The molecule has 7 heteroatoms. The Morgan fingerprint density at radius 1 is 1.03 bits per heavy atom. The molecule has 2 heterocycles. The molecule has 1 aliphatic carbocycles. The number of nitrogens with one attached hydrogen (secondary N) is 3. The number of nitrogens with zero attached hydrogens (tertiary/aromatic N) is 3. The highest BCUT2D eigenvalue weighted by Crippen LogP contribution is 2.28. The van der Waals surface area contributed by atoms with Crippen LogP contribution in [0.1, 0.15) is 38.2 Å². The van der Waals surface area contributed by atoms with Crippen molar-refractivity contribution in [2.45, 2.75) is 51.3 Å². The molecule has 2 aromatic heterocycles. The first-order valence-corrected chi connectivity index (χ1v) is 12.1. The molecule has 176 valence electrons. The fourth-order valence-corrected chi connectivity index (χ4v) is 4.61. The smallest absolute Gasteiger partial charge is 0.229 e. The average Bonchev–Trinajstić information content (AvgIpc) is 3.25. The van der Waals surface area contributed by atoms with Crippen LogP contribution in [-0.4, -0.2) is 38.3 Å². The number of aliphatic hydroxyl groups is 1. The first kappa shape index (κ1) is 22.2. The molecule has 0 unspecified atom stereocenters. The zero-order valence-electron chi connectivity index (χ0n) is 19.5. The first-order valence-electron chi connectivity index (χ1n) is 12.1. The molecule has 7 nitrogen and oxygen atoms in total. The zero-order chi connectivity index (χ0) is 23.3. The quantitative estimate of drug-likeness (QED) is 0.285. The fourth-order valence-electron chi connectivity index (χ4n) is 4.61. The fraction of sp³-hybridized carbons (Fsp3) is 0.333. The molecule has 1 fully saturated rings. The van der Waals surface area contributed by atoms with E-state index in [1.54, 1.807) is 0 Å². The maximum absolute atomic E-state index is 9.77. The van der Waals surface area contributed by atoms with E-state index in [2.05, 4.69) is 87.2 Å². The predicted molar refractivity (Wildman–Crippen MR) is 139 cm³/mol. The zero-order valence-corrected chi connectivity index (χ0v) is 19.5. The Labute approximate surface area is 200 Å². The third-order valence-electron chi connectivity index (χ3n) is 6.41. The van der Waals surface area contributed by atoms with E-state index in [9.17, 15) is 5.11 Å². The van der Waals surface area contributed by atoms with Crippen molar-refractivity contribution >= 4 is 34.0 Å². The summed E-state index contributed by atoms with van der Waals surface area (Å²) in [5.74, 6) is 1.35. The van der Waals surface area contributed by atoms with Gasteiger partial charge in [-0.3, -0.25) is 0 Å². The number of anilines is 4. The molecule has 4 N–H and O–H groups in total. The van der Waals surface area contributed by atoms with Gasteiger partial charge in [0.25, 0.3) is 0 Å². The average molecular weight is 457 g/mol. The molecule has 5 rings (SSSR count). The van der Waals surface area contributed by atoms with Gasteiger partial charge in [-0.25, -0.2) is 4.98 Å². The third kappa shape index (κ3) is 5.15. The van der Waals surface area contributed by atoms with Crippen LogP contribution in [0.5, 0.6) is 0 Å². The van der Waals surface area contributed by atoms with Crippen molar-refractivity contribution in [2.24, 2.45) is 0 Å². The molecule has 0 saturated heterocycles. The summed E-state index contributed by atoms with van der Waals surface area (Å²) in [6.07, 6.45) is 7.39. The van der Waals surface area contributed by atoms with Gasteiger partial charge in [0, 0.05) is 41.9 Å². The monoisotopic (exact) mass is 456 g/mol. The topological polar surface area (TPSA) is 87.0 Å². The molecule has 4 aromatic rings. The van der Waals surface area contributed by atoms with E-state index < -0.39 is 0 Å². The maximum atomic E-state index is 9.77. The number of hydrogen-bond donors (Lipinski definition) is 4. The van der Waals surface area contributed by atoms with Crippen LogP contribution in [0.4, 0.5) is 23.1 Å². The van der Waals surface area contributed by atoms with E-state index in [0.29, 0.717) is 12.0 Å². The highest BCUT2D eigenvalue weighted by Gasteiger charge is 2.20. The molecule has 0 atom stereocenters. The summed E-state index contributed by atoms with van der Waals surface area (Å²) in [7, 11) is 0. The number of fused-ring (bicyclic) bond motifs is 1. The van der Waals surface area contributed by atoms with Crippen LogP contribution in [0.3, 0.4) is 0 Å². The van der Waals surface area contributed by atoms with Crippen LogP contribution < -0.4 is 16.0 Å². The molecule has 0 radical (unpaired) electrons. The second-order valence-electron chi connectivity index (χ2n) is 8.96. The summed E-state index contributed by atoms with van der Waals surface area (Å²) in [5.41, 5.74) is 4.34. The van der Waals surface area contributed by atoms with Crippen LogP contribution in [0, 0.1) is 0 Å². The lowest BCUT2D eigenvalue weighted by Gasteiger charge is -2.27. The minimum absolute atomic E-state index is 0.165. The molecule has 0 spiro atoms. The van der Waals surface area contributed by atoms with E-state index in [1.165, 1.54) is 16.5 Å². The van der Waals surface area contributed by atoms with Crippen molar-refractivity contribution in [3.05, 3.63) is 72.6 Å². The minimum atomic E-state index is -0.165. The molecule has 1 saturated carbocycles. The molecule has 0 aliphatic heterocycles. The second-order valence-corrected chi connectivity index (χ2v) is 8.96. The standard InChI is InChI=1S/C27H32N6O/c1-2-28-26-24(30-21-8-11-23(34)12-9-21)17-29-27(32-26)31-22-10-13-25-20(16-22)14-15-33(25)18-19-6-4-3-5-7-19/h3-7,10,13-17,21,23,30,34H,2,8-9,11-12,18H2,1H3,(H2,28,29,31,32). The van der Waals surface area contributed by atoms with Crippen molar-refractivity contribution in [3.8, 4) is 0 Å². The van der Waals surface area contributed by atoms with E-state index in [4.69, 9.17) is 4.98 Å². The van der Waals surface area contributed by atoms with Crippen LogP contribution in [0.15, 0.2) is 67.0 Å². The predicted octanol–water partition coefficient (Wildman–Crippen LogP) is 5.37. The maximum Gasteiger partial charge on any atom is 0.229 e. The van der Waals surface area contributed by atoms with E-state index >= 15 is 0 Å². The van der Waals surface area contributed by atoms with Gasteiger partial charge in [0.15, 0.2) is 5.82 Å². The molecule has 0 amide bonds. The SMILES string of the molecule is CCNc1nc(Nc2ccc3c(ccn3Cc3ccccc3)c2)ncc1NC1CCC(O)CC1. The Hall–Kier alpha value is -3.58. The van der Waals surface area contributed by atoms with Gasteiger partial charge in [0.1, 0.15) is 0 Å². The van der Waals surface area contributed by atoms with Gasteiger partial charge in [0.2, 0.25) is 5.95 Å². The molecular formula is C27H32N6O. The summed E-state index contributed by atoms with van der Waals surface area (Å²) >= 11 is 0. The molecular weight excluding hydrogens is 424 g/mol. The molecule has 0 bridgehead atoms. The van der Waals surface area contributed by atoms with Crippen molar-refractivity contribution < 1.29 is 5.11 Å². The second kappa shape index (κ2) is 10.1. The van der Waals surface area contributed by atoms with Gasteiger partial charge < -0.3 is 25.6 Å². The number of aliphatic hydroxyl groups excluding tert-OH is 1. The molecule has 1 aliphatic rings. The Bertz CT molecular complexity index is 1230. The summed E-state index contributed by atoms with van der Waals surface area (Å²) in [4.78, 5) is 9.29. The summed E-state index contributed by atoms with van der Waals surface area (Å²) in [5, 5.41) is 21.2. The molecule has 2 aromatic carbocycles. The van der Waals surface area contributed by atoms with Gasteiger partial charge in [-0.15, -0.1) is 0 Å². The van der Waals surface area contributed by atoms with Gasteiger partial charge in [-0.1, -0.05) is 30.3 Å². The van der Waals surface area contributed by atoms with Crippen LogP contribution in [0.25, 0.3) is 10.9 Å². The van der Waals surface area contributed by atoms with E-state index in [-0.39, 0.29) is 6.10 Å². The van der Waals surface area contributed by atoms with Crippen LogP contribution in [-0.2, 0) is 6.54 Å². The highest BCUT2D eigenvalue weighted by atomic mass is 16.3. The van der Waals surface area contributed by atoms with Gasteiger partial charge in [-0.05, 0) is 62.4 Å². The van der Waals surface area contributed by atoms with Gasteiger partial charge in [-0.2, -0.15) is 4.98 Å². The Kier molecular flexibility index (Phi) is 6.62. The van der Waals surface area contributed by atoms with Crippen molar-refractivity contribution in [2.75, 3.05) is 22.5 Å². The number of hydrogen-bond acceptors (Lipinski definition) is 6. The first-order chi connectivity index (χ1) is 16.7. The largest absolute Gasteiger partial charge is 0.393 e. The Balaban J connectivity index is 1.31. The summed E-state index contributed by atoms with van der Waals surface area (Å²) in [6, 6.07) is 19.3. The van der Waals surface area contributed by atoms with Crippen LogP contribution in [0.2, 0.25) is 0 Å². The van der Waals surface area contributed by atoms with Crippen molar-refractivity contribution in [1.82, 2.24) is 14.5 Å².